The van der Waals surface area contributed by atoms with E-state index in [2.05, 4.69) is 4.74 Å². The number of hydrogen-bond donors (Lipinski definition) is 0. The van der Waals surface area contributed by atoms with Gasteiger partial charge in [0.15, 0.2) is 0 Å². The Kier molecular flexibility index (Phi) is 6.97. The minimum absolute atomic E-state index is 0.135. The van der Waals surface area contributed by atoms with Crippen molar-refractivity contribution < 1.29 is 19.1 Å². The van der Waals surface area contributed by atoms with Crippen LogP contribution >= 0.6 is 0 Å². The Balaban J connectivity index is 3.76. The summed E-state index contributed by atoms with van der Waals surface area (Å²) in [6, 6.07) is 0. The van der Waals surface area contributed by atoms with Crippen molar-refractivity contribution in [2.75, 3.05) is 13.7 Å². The van der Waals surface area contributed by atoms with Crippen molar-refractivity contribution in [1.29, 1.82) is 0 Å². The number of esters is 1. The van der Waals surface area contributed by atoms with E-state index in [-0.39, 0.29) is 17.5 Å². The molecule has 0 N–H and O–H groups in total. The predicted molar refractivity (Wildman–Crippen MR) is 61.1 cm³/mol. The fraction of sp³-hybridized carbons (Fsp3) is 0.833. The fourth-order valence-electron chi connectivity index (χ4n) is 1.16. The number of carbonyl (C=O) groups excluding carboxylic acids is 2. The fourth-order valence-corrected chi connectivity index (χ4v) is 1.16. The van der Waals surface area contributed by atoms with Crippen LogP contribution in [0.2, 0.25) is 0 Å². The molecule has 0 aromatic heterocycles. The number of rotatable bonds is 7. The second-order valence-electron chi connectivity index (χ2n) is 4.79. The van der Waals surface area contributed by atoms with E-state index in [4.69, 9.17) is 4.74 Å². The van der Waals surface area contributed by atoms with Gasteiger partial charge in [0.25, 0.3) is 0 Å². The van der Waals surface area contributed by atoms with Gasteiger partial charge in [-0.05, 0) is 33.6 Å². The molecular weight excluding hydrogens is 208 g/mol. The minimum Gasteiger partial charge on any atom is -0.469 e. The molecule has 0 heterocycles. The quantitative estimate of drug-likeness (QED) is 0.495. The van der Waals surface area contributed by atoms with Crippen molar-refractivity contribution in [2.24, 2.45) is 5.92 Å². The largest absolute Gasteiger partial charge is 0.469 e. The van der Waals surface area contributed by atoms with Crippen molar-refractivity contribution in [2.45, 2.75) is 45.6 Å². The van der Waals surface area contributed by atoms with Crippen LogP contribution in [0.5, 0.6) is 0 Å². The van der Waals surface area contributed by atoms with Gasteiger partial charge in [-0.1, -0.05) is 0 Å². The summed E-state index contributed by atoms with van der Waals surface area (Å²) < 4.78 is 10.0. The monoisotopic (exact) mass is 230 g/mol. The van der Waals surface area contributed by atoms with Gasteiger partial charge in [0.05, 0.1) is 19.3 Å². The number of hydrogen-bond acceptors (Lipinski definition) is 4. The predicted octanol–water partition coefficient (Wildman–Crippen LogP) is 1.96. The van der Waals surface area contributed by atoms with E-state index in [1.807, 2.05) is 20.8 Å². The lowest BCUT2D eigenvalue weighted by Gasteiger charge is -2.21. The van der Waals surface area contributed by atoms with Gasteiger partial charge in [0, 0.05) is 12.3 Å². The molecule has 4 heteroatoms. The summed E-state index contributed by atoms with van der Waals surface area (Å²) >= 11 is 0. The van der Waals surface area contributed by atoms with Gasteiger partial charge in [-0.2, -0.15) is 0 Å². The molecule has 0 saturated heterocycles. The molecule has 0 aliphatic heterocycles. The van der Waals surface area contributed by atoms with E-state index in [0.717, 1.165) is 6.29 Å². The Hall–Kier alpha value is -0.900. The smallest absolute Gasteiger partial charge is 0.305 e. The minimum atomic E-state index is -0.235. The molecule has 0 saturated carbocycles. The highest BCUT2D eigenvalue weighted by molar-refractivity contribution is 5.69. The highest BCUT2D eigenvalue weighted by Crippen LogP contribution is 2.13. The van der Waals surface area contributed by atoms with Gasteiger partial charge in [0.2, 0.25) is 0 Å². The molecule has 0 aromatic carbocycles. The van der Waals surface area contributed by atoms with Gasteiger partial charge >= 0.3 is 5.97 Å². The van der Waals surface area contributed by atoms with E-state index in [0.29, 0.717) is 25.9 Å². The lowest BCUT2D eigenvalue weighted by atomic mass is 10.0. The van der Waals surface area contributed by atoms with Crippen LogP contribution < -0.4 is 0 Å². The Morgan fingerprint density at radius 1 is 1.38 bits per heavy atom. The molecule has 0 rings (SSSR count). The lowest BCUT2D eigenvalue weighted by molar-refractivity contribution is -0.141. The summed E-state index contributed by atoms with van der Waals surface area (Å²) in [5.74, 6) is -0.370. The van der Waals surface area contributed by atoms with E-state index < -0.39 is 0 Å². The summed E-state index contributed by atoms with van der Waals surface area (Å²) in [6.45, 7) is 6.25. The van der Waals surface area contributed by atoms with Crippen molar-refractivity contribution in [3.05, 3.63) is 0 Å². The van der Waals surface area contributed by atoms with Crippen LogP contribution in [0.15, 0.2) is 0 Å². The molecule has 0 aromatic rings. The first-order chi connectivity index (χ1) is 7.39. The maximum Gasteiger partial charge on any atom is 0.305 e. The normalized spacial score (nSPS) is 13.2. The molecular formula is C12H22O4. The van der Waals surface area contributed by atoms with E-state index in [1.165, 1.54) is 7.11 Å². The Morgan fingerprint density at radius 2 is 2.00 bits per heavy atom. The van der Waals surface area contributed by atoms with Crippen molar-refractivity contribution in [3.8, 4) is 0 Å². The molecule has 16 heavy (non-hydrogen) atoms. The van der Waals surface area contributed by atoms with Crippen molar-refractivity contribution in [3.63, 3.8) is 0 Å². The molecule has 0 aliphatic rings. The highest BCUT2D eigenvalue weighted by Gasteiger charge is 2.15. The number of carbonyl (C=O) groups is 2. The topological polar surface area (TPSA) is 52.6 Å². The average molecular weight is 230 g/mol. The molecule has 94 valence electrons. The standard InChI is InChI=1S/C12H22O4/c1-12(2,3)16-9-10(8-13)6-5-7-11(14)15-4/h8,10H,5-7,9H2,1-4H3. The summed E-state index contributed by atoms with van der Waals surface area (Å²) in [7, 11) is 1.36. The first-order valence-corrected chi connectivity index (χ1v) is 5.55. The van der Waals surface area contributed by atoms with Crippen LogP contribution in [0.1, 0.15) is 40.0 Å². The zero-order valence-corrected chi connectivity index (χ0v) is 10.6. The summed E-state index contributed by atoms with van der Waals surface area (Å²) in [5.41, 5.74) is -0.233. The molecule has 1 atom stereocenters. The maximum atomic E-state index is 10.9. The first-order valence-electron chi connectivity index (χ1n) is 5.55. The summed E-state index contributed by atoms with van der Waals surface area (Å²) in [6.07, 6.45) is 2.57. The first kappa shape index (κ1) is 15.1. The van der Waals surface area contributed by atoms with Crippen LogP contribution in [0.4, 0.5) is 0 Å². The van der Waals surface area contributed by atoms with E-state index >= 15 is 0 Å². The number of methoxy groups -OCH3 is 1. The molecule has 0 aliphatic carbocycles. The second kappa shape index (κ2) is 7.39. The van der Waals surface area contributed by atoms with Gasteiger partial charge in [-0.25, -0.2) is 0 Å². The van der Waals surface area contributed by atoms with Crippen LogP contribution in [0.25, 0.3) is 0 Å². The Labute approximate surface area is 97.3 Å². The molecule has 0 spiro atoms. The van der Waals surface area contributed by atoms with Crippen LogP contribution in [-0.2, 0) is 19.1 Å². The second-order valence-corrected chi connectivity index (χ2v) is 4.79. The van der Waals surface area contributed by atoms with Gasteiger partial charge in [0.1, 0.15) is 6.29 Å². The maximum absolute atomic E-state index is 10.9. The third-order valence-electron chi connectivity index (χ3n) is 2.11. The number of ether oxygens (including phenoxy) is 2. The summed E-state index contributed by atoms with van der Waals surface area (Å²) in [5, 5.41) is 0. The lowest BCUT2D eigenvalue weighted by Crippen LogP contribution is -2.24. The molecule has 0 amide bonds. The Bertz CT molecular complexity index is 218. The molecule has 0 radical (unpaired) electrons. The highest BCUT2D eigenvalue weighted by atomic mass is 16.5. The van der Waals surface area contributed by atoms with E-state index in [9.17, 15) is 9.59 Å². The zero-order chi connectivity index (χ0) is 12.6. The van der Waals surface area contributed by atoms with E-state index in [1.54, 1.807) is 0 Å². The van der Waals surface area contributed by atoms with Crippen LogP contribution in [0.3, 0.4) is 0 Å². The summed E-state index contributed by atoms with van der Waals surface area (Å²) in [4.78, 5) is 21.6. The Morgan fingerprint density at radius 3 is 2.44 bits per heavy atom. The molecule has 1 unspecified atom stereocenters. The van der Waals surface area contributed by atoms with Gasteiger partial charge < -0.3 is 14.3 Å². The average Bonchev–Trinajstić information content (AvgIpc) is 2.21. The zero-order valence-electron chi connectivity index (χ0n) is 10.6. The number of aldehydes is 1. The SMILES string of the molecule is COC(=O)CCCC(C=O)COC(C)(C)C. The molecule has 4 nitrogen and oxygen atoms in total. The third kappa shape index (κ3) is 8.41. The third-order valence-corrected chi connectivity index (χ3v) is 2.11. The van der Waals surface area contributed by atoms with Gasteiger partial charge in [-0.15, -0.1) is 0 Å². The molecule has 0 bridgehead atoms. The van der Waals surface area contributed by atoms with Gasteiger partial charge in [-0.3, -0.25) is 4.79 Å². The van der Waals surface area contributed by atoms with Crippen LogP contribution in [-0.4, -0.2) is 31.6 Å². The van der Waals surface area contributed by atoms with Crippen LogP contribution in [0, 0.1) is 5.92 Å². The van der Waals surface area contributed by atoms with Crippen molar-refractivity contribution in [1.82, 2.24) is 0 Å². The van der Waals surface area contributed by atoms with Crippen molar-refractivity contribution >= 4 is 12.3 Å². The molecule has 0 fully saturated rings.